The quantitative estimate of drug-likeness (QED) is 0.223. The van der Waals surface area contributed by atoms with Crippen molar-refractivity contribution < 1.29 is 33.2 Å². The van der Waals surface area contributed by atoms with Crippen LogP contribution in [0, 0.1) is 0 Å². The molecule has 5 aliphatic heterocycles. The molecule has 9 rings (SSSR count). The Kier molecular flexibility index (Phi) is 8.23. The Balaban J connectivity index is 1.38. The van der Waals surface area contributed by atoms with Crippen LogP contribution in [0.3, 0.4) is 0 Å². The average Bonchev–Trinajstić information content (AvgIpc) is 3.12. The average molecular weight is 678 g/mol. The van der Waals surface area contributed by atoms with E-state index in [1.807, 2.05) is 30.3 Å². The fraction of sp³-hybridized carbons (Fsp3) is 0.375. The predicted molar refractivity (Wildman–Crippen MR) is 190 cm³/mol. The Bertz CT molecular complexity index is 1980. The predicted octanol–water partition coefficient (Wildman–Crippen LogP) is 7.20. The first-order valence-corrected chi connectivity index (χ1v) is 17.2. The van der Waals surface area contributed by atoms with E-state index in [-0.39, 0.29) is 18.0 Å². The van der Waals surface area contributed by atoms with Gasteiger partial charge in [0.25, 0.3) is 0 Å². The Hall–Kier alpha value is -4.93. The number of aryl methyl sites for hydroxylation is 1. The molecule has 10 heteroatoms. The molecule has 50 heavy (non-hydrogen) atoms. The molecule has 4 aromatic carbocycles. The number of ether oxygens (including phenoxy) is 6. The van der Waals surface area contributed by atoms with Gasteiger partial charge in [-0.1, -0.05) is 12.1 Å². The Labute approximate surface area is 293 Å². The van der Waals surface area contributed by atoms with Gasteiger partial charge in [-0.3, -0.25) is 9.69 Å². The van der Waals surface area contributed by atoms with Gasteiger partial charge in [-0.25, -0.2) is 10.0 Å². The number of hydrogen-bond acceptors (Lipinski definition) is 9. The third-order valence-electron chi connectivity index (χ3n) is 10.7. The minimum absolute atomic E-state index is 0.0986. The molecule has 0 saturated carbocycles. The van der Waals surface area contributed by atoms with Gasteiger partial charge < -0.3 is 28.4 Å². The van der Waals surface area contributed by atoms with E-state index in [0.29, 0.717) is 59.6 Å². The van der Waals surface area contributed by atoms with Crippen LogP contribution in [0.25, 0.3) is 0 Å². The van der Waals surface area contributed by atoms with Crippen LogP contribution in [0.4, 0.5) is 5.69 Å². The van der Waals surface area contributed by atoms with Crippen molar-refractivity contribution in [1.29, 1.82) is 0 Å². The maximum Gasteiger partial charge on any atom is 0.238 e. The van der Waals surface area contributed by atoms with Gasteiger partial charge in [0.2, 0.25) is 11.7 Å². The minimum atomic E-state index is -0.255. The highest BCUT2D eigenvalue weighted by molar-refractivity contribution is 5.93. The van der Waals surface area contributed by atoms with Gasteiger partial charge in [-0.05, 0) is 103 Å². The van der Waals surface area contributed by atoms with Crippen molar-refractivity contribution in [1.82, 2.24) is 9.91 Å². The molecule has 5 aliphatic rings. The zero-order valence-corrected chi connectivity index (χ0v) is 29.5. The lowest BCUT2D eigenvalue weighted by Crippen LogP contribution is -2.54. The van der Waals surface area contributed by atoms with E-state index in [2.05, 4.69) is 41.2 Å². The number of benzene rings is 4. The second-order valence-electron chi connectivity index (χ2n) is 13.4. The molecule has 0 fully saturated rings. The lowest BCUT2D eigenvalue weighted by atomic mass is 9.86. The third-order valence-corrected chi connectivity index (χ3v) is 10.7. The molecular formula is C40H43N3O7. The summed E-state index contributed by atoms with van der Waals surface area (Å²) in [5.41, 5.74) is 7.49. The fourth-order valence-corrected chi connectivity index (χ4v) is 8.29. The van der Waals surface area contributed by atoms with Crippen molar-refractivity contribution in [3.63, 3.8) is 0 Å². The van der Waals surface area contributed by atoms with Crippen LogP contribution in [0.5, 0.6) is 46.0 Å². The smallest absolute Gasteiger partial charge is 0.238 e. The Morgan fingerprint density at radius 3 is 2.16 bits per heavy atom. The Morgan fingerprint density at radius 2 is 1.44 bits per heavy atom. The molecule has 1 amide bonds. The molecule has 10 nitrogen and oxygen atoms in total. The minimum Gasteiger partial charge on any atom is -0.493 e. The topological polar surface area (TPSA) is 82.2 Å². The molecule has 0 radical (unpaired) electrons. The zero-order chi connectivity index (χ0) is 34.7. The third kappa shape index (κ3) is 5.29. The number of methoxy groups -OCH3 is 4. The van der Waals surface area contributed by atoms with Crippen molar-refractivity contribution in [2.24, 2.45) is 0 Å². The molecule has 0 saturated heterocycles. The van der Waals surface area contributed by atoms with Crippen LogP contribution in [0.15, 0.2) is 54.6 Å². The standard InChI is InChI=1S/C40H43N3O7/c1-23(44)43-31-22-34(46-4)35-20-27(31)17-32-38-26(14-16-42(32)43)19-37(47-5)39(48-6)40(38)50-36-21-29-25(18-33(36)45-3)13-15-41(2)30(29)12-9-24-7-10-28(49-35)11-8-24/h7-8,10-11,18-22,30,32H,9,12-17H2,1-6H3/t30-,32-/m0/s1. The van der Waals surface area contributed by atoms with E-state index in [1.165, 1.54) is 16.7 Å². The number of hydrazine groups is 1. The number of nitrogens with zero attached hydrogens (tertiary/aromatic N) is 3. The first-order valence-electron chi connectivity index (χ1n) is 17.2. The van der Waals surface area contributed by atoms with E-state index in [0.717, 1.165) is 53.9 Å². The van der Waals surface area contributed by atoms with Crippen LogP contribution < -0.4 is 33.4 Å². The van der Waals surface area contributed by atoms with E-state index < -0.39 is 0 Å². The molecule has 0 aromatic heterocycles. The molecule has 5 heterocycles. The summed E-state index contributed by atoms with van der Waals surface area (Å²) in [7, 11) is 8.78. The van der Waals surface area contributed by atoms with E-state index in [4.69, 9.17) is 28.4 Å². The second kappa shape index (κ2) is 12.8. The molecule has 260 valence electrons. The maximum atomic E-state index is 13.5. The summed E-state index contributed by atoms with van der Waals surface area (Å²) in [5, 5.41) is 3.92. The van der Waals surface area contributed by atoms with Crippen LogP contribution in [0.1, 0.15) is 58.8 Å². The lowest BCUT2D eigenvalue weighted by molar-refractivity contribution is -0.120. The molecule has 7 bridgehead atoms. The first kappa shape index (κ1) is 32.3. The second-order valence-corrected chi connectivity index (χ2v) is 13.4. The summed E-state index contributed by atoms with van der Waals surface area (Å²) in [6, 6.07) is 18.5. The van der Waals surface area contributed by atoms with Gasteiger partial charge in [0.1, 0.15) is 5.75 Å². The largest absolute Gasteiger partial charge is 0.493 e. The highest BCUT2D eigenvalue weighted by Crippen LogP contribution is 2.54. The van der Waals surface area contributed by atoms with Crippen LogP contribution in [0.2, 0.25) is 0 Å². The van der Waals surface area contributed by atoms with Crippen molar-refractivity contribution in [3.05, 3.63) is 88.0 Å². The zero-order valence-electron chi connectivity index (χ0n) is 29.5. The van der Waals surface area contributed by atoms with Crippen LogP contribution in [-0.4, -0.2) is 64.4 Å². The molecule has 0 aliphatic carbocycles. The summed E-state index contributed by atoms with van der Waals surface area (Å²) >= 11 is 0. The fourth-order valence-electron chi connectivity index (χ4n) is 8.29. The number of hydrogen-bond donors (Lipinski definition) is 0. The van der Waals surface area contributed by atoms with Crippen molar-refractivity contribution in [2.75, 3.05) is 53.6 Å². The van der Waals surface area contributed by atoms with Gasteiger partial charge in [-0.15, -0.1) is 0 Å². The summed E-state index contributed by atoms with van der Waals surface area (Å²) in [6.45, 7) is 3.17. The molecule has 2 atom stereocenters. The number of amides is 1. The monoisotopic (exact) mass is 677 g/mol. The van der Waals surface area contributed by atoms with Crippen molar-refractivity contribution in [3.8, 4) is 46.0 Å². The number of carbonyl (C=O) groups excluding carboxylic acids is 1. The van der Waals surface area contributed by atoms with E-state index in [1.54, 1.807) is 40.4 Å². The molecule has 4 aromatic rings. The summed E-state index contributed by atoms with van der Waals surface area (Å²) in [6.07, 6.45) is 4.01. The van der Waals surface area contributed by atoms with Gasteiger partial charge in [0, 0.05) is 37.7 Å². The van der Waals surface area contributed by atoms with Crippen LogP contribution in [-0.2, 0) is 30.5 Å². The maximum absolute atomic E-state index is 13.5. The van der Waals surface area contributed by atoms with Crippen molar-refractivity contribution in [2.45, 2.75) is 51.1 Å². The van der Waals surface area contributed by atoms with Crippen molar-refractivity contribution >= 4 is 11.6 Å². The van der Waals surface area contributed by atoms with Gasteiger partial charge in [0.05, 0.1) is 40.2 Å². The lowest BCUT2D eigenvalue weighted by Gasteiger charge is -2.48. The molecular weight excluding hydrogens is 634 g/mol. The van der Waals surface area contributed by atoms with Gasteiger partial charge >= 0.3 is 0 Å². The first-order chi connectivity index (χ1) is 24.3. The molecule has 0 spiro atoms. The van der Waals surface area contributed by atoms with E-state index in [9.17, 15) is 4.79 Å². The number of likely N-dealkylation sites (N-methyl/N-ethyl adjacent to an activating group) is 1. The number of fused-ring (bicyclic) bond motifs is 3. The molecule has 0 unspecified atom stereocenters. The summed E-state index contributed by atoms with van der Waals surface area (Å²) in [4.78, 5) is 16.0. The summed E-state index contributed by atoms with van der Waals surface area (Å²) in [5.74, 6) is 4.68. The number of anilines is 1. The van der Waals surface area contributed by atoms with Gasteiger partial charge in [0.15, 0.2) is 34.5 Å². The highest BCUT2D eigenvalue weighted by Gasteiger charge is 2.43. The van der Waals surface area contributed by atoms with Crippen LogP contribution >= 0.6 is 0 Å². The SMILES string of the molecule is COc1cc2c3cc1Oc1ccc(cc1)CC[C@H]1c4cc(c(OC)cc4CCN1C)Oc1c(OC)c(OC)cc4c1[C@H](C3)N(CC4)N2C(C)=O. The number of rotatable bonds is 4. The summed E-state index contributed by atoms with van der Waals surface area (Å²) < 4.78 is 37.3. The van der Waals surface area contributed by atoms with E-state index >= 15 is 0 Å². The Morgan fingerprint density at radius 1 is 0.740 bits per heavy atom. The normalized spacial score (nSPS) is 19.4. The molecule has 0 N–H and O–H groups in total. The number of carbonyl (C=O) groups is 1. The van der Waals surface area contributed by atoms with Gasteiger partial charge in [-0.2, -0.15) is 0 Å². The highest BCUT2D eigenvalue weighted by atomic mass is 16.5.